The van der Waals surface area contributed by atoms with Gasteiger partial charge in [-0.05, 0) is 0 Å². The topological polar surface area (TPSA) is 15.8 Å². The van der Waals surface area contributed by atoms with Crippen molar-refractivity contribution in [2.45, 2.75) is 20.8 Å². The van der Waals surface area contributed by atoms with E-state index in [9.17, 15) is 0 Å². The van der Waals surface area contributed by atoms with Crippen LogP contribution >= 0.6 is 0 Å². The van der Waals surface area contributed by atoms with Gasteiger partial charge in [0.15, 0.2) is 0 Å². The molecule has 0 atom stereocenters. The van der Waals surface area contributed by atoms with Gasteiger partial charge in [0.05, 0.1) is 0 Å². The summed E-state index contributed by atoms with van der Waals surface area (Å²) in [6, 6.07) is 3.71. The minimum absolute atomic E-state index is 0. The van der Waals surface area contributed by atoms with Crippen LogP contribution in [-0.2, 0) is 39.0 Å². The number of hydrogen-bond acceptors (Lipinski definition) is 0. The Bertz CT molecular complexity index is 153. The van der Waals surface area contributed by atoms with E-state index in [1.54, 1.807) is 19.9 Å². The molecule has 0 fully saturated rings. The molecule has 0 bridgehead atoms. The Balaban J connectivity index is -0.0000000352. The molecule has 1 rings (SSSR count). The molecule has 0 aliphatic heterocycles. The van der Waals surface area contributed by atoms with Crippen molar-refractivity contribution in [3.05, 3.63) is 63.2 Å². The maximum Gasteiger partial charge on any atom is 4.00 e. The summed E-state index contributed by atoms with van der Waals surface area (Å²) in [4.78, 5) is 2.74. The van der Waals surface area contributed by atoms with Gasteiger partial charge in [0.25, 0.3) is 0 Å². The largest absolute Gasteiger partial charge is 4.00 e. The number of allylic oxidation sites excluding steroid dienone is 3. The van der Waals surface area contributed by atoms with Gasteiger partial charge in [0.1, 0.15) is 0 Å². The molecule has 0 spiro atoms. The third-order valence-electron chi connectivity index (χ3n) is 0.746. The molecule has 0 amide bonds. The van der Waals surface area contributed by atoms with Crippen molar-refractivity contribution in [1.29, 1.82) is 0 Å². The molecule has 0 aromatic carbocycles. The first kappa shape index (κ1) is 29.8. The second-order valence-corrected chi connectivity index (χ2v) is 1.53. The Morgan fingerprint density at radius 1 is 1.25 bits per heavy atom. The van der Waals surface area contributed by atoms with Gasteiger partial charge >= 0.3 is 19.5 Å². The van der Waals surface area contributed by atoms with Crippen LogP contribution in [-0.4, -0.2) is 4.98 Å². The summed E-state index contributed by atoms with van der Waals surface area (Å²) < 4.78 is 0. The molecule has 0 aliphatic carbocycles. The third kappa shape index (κ3) is 48.3. The molecule has 1 heterocycles. The number of H-pyrrole nitrogens is 1. The van der Waals surface area contributed by atoms with Crippen LogP contribution in [0.3, 0.4) is 0 Å². The van der Waals surface area contributed by atoms with Crippen molar-refractivity contribution in [2.75, 3.05) is 0 Å². The van der Waals surface area contributed by atoms with Crippen molar-refractivity contribution in [1.82, 2.24) is 4.98 Å². The summed E-state index contributed by atoms with van der Waals surface area (Å²) in [6.45, 7) is 16.8. The van der Waals surface area contributed by atoms with Crippen molar-refractivity contribution in [3.8, 4) is 0 Å². The van der Waals surface area contributed by atoms with Crippen LogP contribution in [0.2, 0.25) is 0 Å². The fourth-order valence-electron chi connectivity index (χ4n) is 0.352. The predicted molar refractivity (Wildman–Crippen MR) is 65.4 cm³/mol. The number of aromatic amines is 1. The quantitative estimate of drug-likeness (QED) is 0.421. The van der Waals surface area contributed by atoms with Crippen LogP contribution in [0.25, 0.3) is 0 Å². The first-order chi connectivity index (χ1) is 6.91. The van der Waals surface area contributed by atoms with Crippen LogP contribution < -0.4 is 0 Å². The van der Waals surface area contributed by atoms with E-state index < -0.39 is 0 Å². The van der Waals surface area contributed by atoms with E-state index in [0.717, 1.165) is 0 Å². The van der Waals surface area contributed by atoms with Crippen LogP contribution in [0.5, 0.6) is 0 Å². The van der Waals surface area contributed by atoms with Crippen molar-refractivity contribution in [3.63, 3.8) is 0 Å². The molecular formula is C13H21NRu2. The molecule has 16 heavy (non-hydrogen) atoms. The first-order valence-corrected chi connectivity index (χ1v) is 4.49. The van der Waals surface area contributed by atoms with Gasteiger partial charge in [0, 0.05) is 19.5 Å². The van der Waals surface area contributed by atoms with E-state index in [0.29, 0.717) is 0 Å². The molecule has 0 unspecified atom stereocenters. The van der Waals surface area contributed by atoms with Crippen LogP contribution in [0.1, 0.15) is 20.8 Å². The zero-order valence-electron chi connectivity index (χ0n) is 10.2. The van der Waals surface area contributed by atoms with Crippen LogP contribution in [0.4, 0.5) is 0 Å². The van der Waals surface area contributed by atoms with E-state index in [2.05, 4.69) is 25.0 Å². The van der Waals surface area contributed by atoms with Gasteiger partial charge in [-0.1, -0.05) is 6.92 Å². The minimum atomic E-state index is 0. The Hall–Kier alpha value is 0.00675. The van der Waals surface area contributed by atoms with E-state index in [4.69, 9.17) is 6.58 Å². The smallest absolute Gasteiger partial charge is 0.484 e. The Labute approximate surface area is 127 Å². The zero-order chi connectivity index (χ0) is 11.7. The van der Waals surface area contributed by atoms with Gasteiger partial charge in [-0.3, -0.25) is 6.58 Å². The average Bonchev–Trinajstić information content (AvgIpc) is 2.83. The first-order valence-electron chi connectivity index (χ1n) is 4.49. The van der Waals surface area contributed by atoms with Gasteiger partial charge in [0.2, 0.25) is 0 Å². The fourth-order valence-corrected chi connectivity index (χ4v) is 0.352. The number of aromatic nitrogens is 1. The van der Waals surface area contributed by atoms with Gasteiger partial charge in [-0.25, -0.2) is 12.2 Å². The van der Waals surface area contributed by atoms with E-state index >= 15 is 0 Å². The number of rotatable bonds is 1. The summed E-state index contributed by atoms with van der Waals surface area (Å²) in [7, 11) is 0. The van der Waals surface area contributed by atoms with Gasteiger partial charge in [-0.2, -0.15) is 38.3 Å². The summed E-state index contributed by atoms with van der Waals surface area (Å²) in [5.41, 5.74) is 0. The van der Waals surface area contributed by atoms with E-state index in [1.807, 2.05) is 31.3 Å². The predicted octanol–water partition coefficient (Wildman–Crippen LogP) is 4.04. The molecule has 1 N–H and O–H groups in total. The summed E-state index contributed by atoms with van der Waals surface area (Å²) in [5.74, 6) is 0. The molecule has 0 saturated heterocycles. The second kappa shape index (κ2) is 45.9. The minimum Gasteiger partial charge on any atom is -0.484 e. The number of hydrogen-bond donors (Lipinski definition) is 1. The average molecular weight is 393 g/mol. The normalized spacial score (nSPS) is 6.06. The van der Waals surface area contributed by atoms with E-state index in [-0.39, 0.29) is 39.0 Å². The summed E-state index contributed by atoms with van der Waals surface area (Å²) >= 11 is 0. The molecular weight excluding hydrogens is 372 g/mol. The Morgan fingerprint density at radius 2 is 1.75 bits per heavy atom. The molecule has 0 aliphatic rings. The number of nitrogens with one attached hydrogen (secondary N) is 1. The molecule has 1 aromatic heterocycles. The second-order valence-electron chi connectivity index (χ2n) is 1.53. The summed E-state index contributed by atoms with van der Waals surface area (Å²) in [6.07, 6.45) is 9.71. The zero-order valence-corrected chi connectivity index (χ0v) is 13.6. The SMILES string of the molecule is [CH-]=CC=CC.[CH2-]C.[CH2-]C.[Ru+4].[Ru].[c-]1ccc[nH]1. The van der Waals surface area contributed by atoms with Crippen molar-refractivity contribution in [2.24, 2.45) is 0 Å². The van der Waals surface area contributed by atoms with Crippen LogP contribution in [0, 0.1) is 26.6 Å². The van der Waals surface area contributed by atoms with Crippen molar-refractivity contribution >= 4 is 0 Å². The Morgan fingerprint density at radius 3 is 1.81 bits per heavy atom. The molecule has 1 nitrogen and oxygen atoms in total. The fraction of sp³-hybridized carbons (Fsp3) is 0.231. The Kier molecular flexibility index (Phi) is 85.4. The van der Waals surface area contributed by atoms with Crippen molar-refractivity contribution < 1.29 is 39.0 Å². The molecule has 3 heteroatoms. The van der Waals surface area contributed by atoms with Crippen LogP contribution in [0.15, 0.2) is 36.6 Å². The monoisotopic (exact) mass is 395 g/mol. The van der Waals surface area contributed by atoms with Gasteiger partial charge < -0.3 is 18.8 Å². The molecule has 0 radical (unpaired) electrons. The van der Waals surface area contributed by atoms with Gasteiger partial charge in [-0.15, -0.1) is 6.20 Å². The molecule has 0 saturated carbocycles. The standard InChI is InChI=1S/C5H7.C4H4N.2C2H5.2Ru/c1-3-5-4-2;1-2-4-5-3-1;2*1-2;;/h1,3-5H,2H3;1-3,5H;2*1H2,2H3;;/q4*-1;;+4. The maximum absolute atomic E-state index is 4.93. The molecule has 1 aromatic rings. The van der Waals surface area contributed by atoms with E-state index in [1.165, 1.54) is 6.08 Å². The molecule has 94 valence electrons. The third-order valence-corrected chi connectivity index (χ3v) is 0.746. The maximum atomic E-state index is 4.93. The summed E-state index contributed by atoms with van der Waals surface area (Å²) in [5, 5.41) is 0.